The van der Waals surface area contributed by atoms with Gasteiger partial charge in [-0.25, -0.2) is 0 Å². The summed E-state index contributed by atoms with van der Waals surface area (Å²) in [5.41, 5.74) is -0.779. The Kier molecular flexibility index (Phi) is 17.9. The summed E-state index contributed by atoms with van der Waals surface area (Å²) in [5.74, 6) is 0. The van der Waals surface area contributed by atoms with Crippen molar-refractivity contribution < 1.29 is 52.4 Å². The molecule has 4 N–H and O–H groups in total. The Bertz CT molecular complexity index is 1370. The first-order valence-electron chi connectivity index (χ1n) is 26.7. The van der Waals surface area contributed by atoms with Gasteiger partial charge < -0.3 is 52.4 Å². The van der Waals surface area contributed by atoms with Crippen molar-refractivity contribution in [2.24, 2.45) is 0 Å². The van der Waals surface area contributed by atoms with Crippen LogP contribution in [0.25, 0.3) is 0 Å². The molecule has 1 aliphatic heterocycles. The summed E-state index contributed by atoms with van der Waals surface area (Å²) in [4.78, 5) is 52.8. The summed E-state index contributed by atoms with van der Waals surface area (Å²) in [6.07, 6.45) is 33.9. The Hall–Kier alpha value is 1.04. The molecule has 0 aromatic carbocycles. The Morgan fingerprint density at radius 1 is 0.444 bits per heavy atom. The molecule has 0 spiro atoms. The van der Waals surface area contributed by atoms with Gasteiger partial charge >= 0.3 is 61.9 Å². The van der Waals surface area contributed by atoms with Crippen LogP contribution in [0.3, 0.4) is 0 Å². The van der Waals surface area contributed by atoms with Crippen LogP contribution >= 0.6 is 0 Å². The zero-order valence-electron chi connectivity index (χ0n) is 39.4. The van der Waals surface area contributed by atoms with E-state index in [4.69, 9.17) is 33.2 Å². The van der Waals surface area contributed by atoms with Crippen molar-refractivity contribution in [3.63, 3.8) is 0 Å². The van der Waals surface area contributed by atoms with Crippen LogP contribution in [0.1, 0.15) is 225 Å². The highest BCUT2D eigenvalue weighted by Crippen LogP contribution is 2.56. The molecule has 7 unspecified atom stereocenters. The monoisotopic (exact) mass is 1000 g/mol. The first-order valence-corrected chi connectivity index (χ1v) is 39.9. The molecule has 0 amide bonds. The minimum atomic E-state index is -4.45. The van der Waals surface area contributed by atoms with Gasteiger partial charge in [-0.15, -0.1) is 0 Å². The fourth-order valence-electron chi connectivity index (χ4n) is 13.5. The lowest BCUT2D eigenvalue weighted by Gasteiger charge is -2.57. The molecule has 19 heteroatoms. The number of hydrogen-bond donors (Lipinski definition) is 4. The molecule has 8 aliphatic rings. The van der Waals surface area contributed by atoms with Gasteiger partial charge in [0, 0.05) is 40.4 Å². The fourth-order valence-corrected chi connectivity index (χ4v) is 49.2. The lowest BCUT2D eigenvalue weighted by molar-refractivity contribution is 0.0418. The molecule has 7 aliphatic carbocycles. The van der Waals surface area contributed by atoms with Crippen LogP contribution in [0.2, 0.25) is 45.3 Å². The van der Waals surface area contributed by atoms with Gasteiger partial charge in [0.05, 0.1) is 0 Å². The molecule has 0 aromatic rings. The van der Waals surface area contributed by atoms with Crippen molar-refractivity contribution in [2.75, 3.05) is 7.11 Å². The maximum Gasteiger partial charge on any atom is 0.493 e. The Balaban J connectivity index is 1.29. The summed E-state index contributed by atoms with van der Waals surface area (Å²) in [6.45, 7) is 2.21. The molecule has 8 fully saturated rings. The molecule has 7 atom stereocenters. The maximum absolute atomic E-state index is 14.1. The normalized spacial score (nSPS) is 38.0. The SMILES string of the molecule is CO[Si](O)(O[Si]1(C2CCCCC2)O[Si](C)(C2CCCCC2)O[Si](O[Si](O)(O[SiH](O)C2CCCCC2)C2CCCCC2)(C2CCCCC2)O[Si](O)(C2CCCCC2)O1)C1CCCCC1. The van der Waals surface area contributed by atoms with Crippen molar-refractivity contribution in [1.29, 1.82) is 0 Å². The molecule has 1 saturated heterocycles. The van der Waals surface area contributed by atoms with Gasteiger partial charge in [-0.1, -0.05) is 135 Å². The molecule has 8 rings (SSSR count). The molecule has 63 heavy (non-hydrogen) atoms. The van der Waals surface area contributed by atoms with E-state index in [1.165, 1.54) is 6.42 Å². The number of hydrogen-bond acceptors (Lipinski definition) is 12. The second-order valence-electron chi connectivity index (χ2n) is 21.8. The van der Waals surface area contributed by atoms with Crippen molar-refractivity contribution in [3.8, 4) is 0 Å². The molecular formula is C44H88O12Si7. The van der Waals surface area contributed by atoms with E-state index in [-0.39, 0.29) is 38.8 Å². The van der Waals surface area contributed by atoms with Crippen molar-refractivity contribution in [1.82, 2.24) is 0 Å². The van der Waals surface area contributed by atoms with Gasteiger partial charge in [-0.3, -0.25) is 0 Å². The lowest BCUT2D eigenvalue weighted by atomic mass is 10.0. The topological polar surface area (TPSA) is 155 Å². The van der Waals surface area contributed by atoms with Crippen LogP contribution in [0.4, 0.5) is 0 Å². The van der Waals surface area contributed by atoms with Gasteiger partial charge in [0.15, 0.2) is 0 Å². The smallest absolute Gasteiger partial charge is 0.413 e. The highest BCUT2D eigenvalue weighted by atomic mass is 28.6. The van der Waals surface area contributed by atoms with E-state index in [1.54, 1.807) is 7.11 Å². The molecule has 12 nitrogen and oxygen atoms in total. The third-order valence-electron chi connectivity index (χ3n) is 17.4. The standard InChI is InChI=1S/C44H88O12Si7/c1-49-59(46,40-28-14-5-15-29-40)53-62(43-34-20-8-21-35-43)51-58(2,39-26-12-4-13-27-39)52-63(44-36-22-9-23-37-44,56-61(48,55-62)42-32-18-7-19-33-42)54-60(47,41-30-16-6-17-31-41)50-57(45)38-24-10-3-11-25-38/h38-48,57H,3-37H2,1-2H3. The first-order chi connectivity index (χ1) is 30.4. The predicted molar refractivity (Wildman–Crippen MR) is 259 cm³/mol. The third kappa shape index (κ3) is 11.8. The maximum atomic E-state index is 14.1. The van der Waals surface area contributed by atoms with Crippen LogP contribution in [0, 0.1) is 0 Å². The molecule has 1 heterocycles. The van der Waals surface area contributed by atoms with Crippen LogP contribution in [0.15, 0.2) is 0 Å². The average Bonchev–Trinajstić information content (AvgIpc) is 3.33. The highest BCUT2D eigenvalue weighted by molar-refractivity contribution is 6.95. The van der Waals surface area contributed by atoms with E-state index in [2.05, 4.69) is 6.55 Å². The van der Waals surface area contributed by atoms with Gasteiger partial charge in [-0.2, -0.15) is 0 Å². The van der Waals surface area contributed by atoms with Crippen LogP contribution in [0.5, 0.6) is 0 Å². The number of rotatable bonds is 14. The van der Waals surface area contributed by atoms with Crippen molar-refractivity contribution in [3.05, 3.63) is 0 Å². The van der Waals surface area contributed by atoms with Crippen LogP contribution in [-0.2, 0) is 33.2 Å². The Morgan fingerprint density at radius 2 is 0.778 bits per heavy atom. The van der Waals surface area contributed by atoms with E-state index in [1.807, 2.05) is 0 Å². The van der Waals surface area contributed by atoms with E-state index < -0.39 is 61.9 Å². The van der Waals surface area contributed by atoms with E-state index >= 15 is 0 Å². The predicted octanol–water partition coefficient (Wildman–Crippen LogP) is 11.1. The summed E-state index contributed by atoms with van der Waals surface area (Å²) < 4.78 is 60.5. The molecule has 364 valence electrons. The molecule has 0 radical (unpaired) electrons. The van der Waals surface area contributed by atoms with Crippen molar-refractivity contribution >= 4 is 61.9 Å². The molecule has 0 aromatic heterocycles. The Morgan fingerprint density at radius 3 is 1.19 bits per heavy atom. The zero-order valence-corrected chi connectivity index (χ0v) is 46.6. The van der Waals surface area contributed by atoms with Gasteiger partial charge in [0.1, 0.15) is 0 Å². The third-order valence-corrected chi connectivity index (χ3v) is 46.6. The van der Waals surface area contributed by atoms with Crippen molar-refractivity contribution in [2.45, 2.75) is 270 Å². The van der Waals surface area contributed by atoms with Gasteiger partial charge in [0.2, 0.25) is 0 Å². The first kappa shape index (κ1) is 50.4. The van der Waals surface area contributed by atoms with E-state index in [9.17, 15) is 19.2 Å². The quantitative estimate of drug-likeness (QED) is 0.122. The summed E-state index contributed by atoms with van der Waals surface area (Å²) in [7, 11) is -25.9. The second-order valence-corrected chi connectivity index (χ2v) is 43.0. The minimum absolute atomic E-state index is 0.0747. The fraction of sp³-hybridized carbons (Fsp3) is 1.00. The summed E-state index contributed by atoms with van der Waals surface area (Å²) >= 11 is 0. The summed E-state index contributed by atoms with van der Waals surface area (Å²) in [6, 6.07) is 0. The zero-order chi connectivity index (χ0) is 44.0. The van der Waals surface area contributed by atoms with Crippen LogP contribution in [-0.4, -0.2) is 88.2 Å². The van der Waals surface area contributed by atoms with E-state index in [0.29, 0.717) is 0 Å². The van der Waals surface area contributed by atoms with E-state index in [0.717, 1.165) is 218 Å². The van der Waals surface area contributed by atoms with Crippen LogP contribution < -0.4 is 0 Å². The minimum Gasteiger partial charge on any atom is -0.413 e. The highest BCUT2D eigenvalue weighted by Gasteiger charge is 2.74. The average molecular weight is 1010 g/mol. The van der Waals surface area contributed by atoms with Gasteiger partial charge in [-0.05, 0) is 102 Å². The lowest BCUT2D eigenvalue weighted by Crippen LogP contribution is -2.78. The molecule has 7 saturated carbocycles. The summed E-state index contributed by atoms with van der Waals surface area (Å²) in [5, 5.41) is 0. The molecule has 0 bridgehead atoms. The largest absolute Gasteiger partial charge is 0.493 e. The molecular weight excluding hydrogens is 917 g/mol. The second kappa shape index (κ2) is 22.4. The Labute approximate surface area is 389 Å². The van der Waals surface area contributed by atoms with Gasteiger partial charge in [0.25, 0.3) is 0 Å².